The molecule has 3 heteroatoms. The van der Waals surface area contributed by atoms with Crippen LogP contribution in [0.1, 0.15) is 39.5 Å². The van der Waals surface area contributed by atoms with Gasteiger partial charge in [-0.3, -0.25) is 4.90 Å². The number of nitrogens with one attached hydrogen (secondary N) is 1. The Kier molecular flexibility index (Phi) is 5.93. The summed E-state index contributed by atoms with van der Waals surface area (Å²) in [7, 11) is 0. The molecule has 1 aliphatic carbocycles. The summed E-state index contributed by atoms with van der Waals surface area (Å²) in [5.74, 6) is 1.05. The quantitative estimate of drug-likeness (QED) is 0.665. The third-order valence-corrected chi connectivity index (χ3v) is 4.41. The lowest BCUT2D eigenvalue weighted by atomic mass is 10.1. The summed E-state index contributed by atoms with van der Waals surface area (Å²) < 4.78 is 0. The molecular weight excluding hydrogens is 222 g/mol. The van der Waals surface area contributed by atoms with Gasteiger partial charge < -0.3 is 10.2 Å². The molecule has 2 fully saturated rings. The molecule has 1 unspecified atom stereocenters. The zero-order valence-corrected chi connectivity index (χ0v) is 12.3. The lowest BCUT2D eigenvalue weighted by Crippen LogP contribution is -2.50. The minimum absolute atomic E-state index is 0.748. The van der Waals surface area contributed by atoms with Crippen molar-refractivity contribution in [3.8, 4) is 0 Å². The first-order valence-electron chi connectivity index (χ1n) is 7.96. The molecule has 1 saturated heterocycles. The third kappa shape index (κ3) is 4.87. The molecule has 106 valence electrons. The lowest BCUT2D eigenvalue weighted by molar-refractivity contribution is 0.0960. The van der Waals surface area contributed by atoms with Crippen molar-refractivity contribution in [3.63, 3.8) is 0 Å². The zero-order valence-electron chi connectivity index (χ0n) is 12.3. The lowest BCUT2D eigenvalue weighted by Gasteiger charge is -2.38. The third-order valence-electron chi connectivity index (χ3n) is 4.41. The molecule has 0 aromatic heterocycles. The fourth-order valence-corrected chi connectivity index (χ4v) is 2.85. The molecule has 1 aliphatic heterocycles. The van der Waals surface area contributed by atoms with Gasteiger partial charge in [0.05, 0.1) is 0 Å². The molecule has 1 N–H and O–H groups in total. The Balaban J connectivity index is 1.56. The number of nitrogens with zero attached hydrogens (tertiary/aromatic N) is 2. The van der Waals surface area contributed by atoms with Crippen LogP contribution in [0.5, 0.6) is 0 Å². The second-order valence-corrected chi connectivity index (χ2v) is 6.17. The molecule has 2 rings (SSSR count). The van der Waals surface area contributed by atoms with E-state index in [-0.39, 0.29) is 0 Å². The second kappa shape index (κ2) is 7.46. The van der Waals surface area contributed by atoms with E-state index in [0.29, 0.717) is 0 Å². The van der Waals surface area contributed by atoms with Crippen molar-refractivity contribution in [1.29, 1.82) is 0 Å². The second-order valence-electron chi connectivity index (χ2n) is 6.17. The Hall–Kier alpha value is -0.120. The van der Waals surface area contributed by atoms with E-state index in [1.54, 1.807) is 0 Å². The van der Waals surface area contributed by atoms with Gasteiger partial charge in [-0.1, -0.05) is 6.92 Å². The first-order valence-corrected chi connectivity index (χ1v) is 7.96. The smallest absolute Gasteiger partial charge is 0.0113 e. The van der Waals surface area contributed by atoms with Gasteiger partial charge in [0.1, 0.15) is 0 Å². The van der Waals surface area contributed by atoms with Crippen LogP contribution < -0.4 is 5.32 Å². The van der Waals surface area contributed by atoms with Gasteiger partial charge in [0.25, 0.3) is 0 Å². The van der Waals surface area contributed by atoms with Crippen LogP contribution in [-0.4, -0.2) is 61.7 Å². The van der Waals surface area contributed by atoms with Crippen molar-refractivity contribution < 1.29 is 0 Å². The van der Waals surface area contributed by atoms with E-state index in [2.05, 4.69) is 29.0 Å². The van der Waals surface area contributed by atoms with Gasteiger partial charge in [0.15, 0.2) is 0 Å². The average molecular weight is 253 g/mol. The van der Waals surface area contributed by atoms with Gasteiger partial charge in [0.2, 0.25) is 0 Å². The van der Waals surface area contributed by atoms with E-state index in [0.717, 1.165) is 12.0 Å². The molecule has 2 aliphatic rings. The van der Waals surface area contributed by atoms with Gasteiger partial charge in [-0.25, -0.2) is 0 Å². The van der Waals surface area contributed by atoms with E-state index in [9.17, 15) is 0 Å². The Labute approximate surface area is 113 Å². The molecule has 1 saturated carbocycles. The van der Waals surface area contributed by atoms with Crippen molar-refractivity contribution >= 4 is 0 Å². The predicted octanol–water partition coefficient (Wildman–Crippen LogP) is 1.79. The minimum atomic E-state index is 0.748. The number of hydrogen-bond donors (Lipinski definition) is 1. The van der Waals surface area contributed by atoms with Gasteiger partial charge >= 0.3 is 0 Å². The van der Waals surface area contributed by atoms with Crippen LogP contribution in [0.25, 0.3) is 0 Å². The molecule has 0 radical (unpaired) electrons. The maximum atomic E-state index is 3.51. The first kappa shape index (κ1) is 14.3. The van der Waals surface area contributed by atoms with Crippen LogP contribution in [0.3, 0.4) is 0 Å². The summed E-state index contributed by atoms with van der Waals surface area (Å²) >= 11 is 0. The van der Waals surface area contributed by atoms with Crippen molar-refractivity contribution in [2.45, 2.75) is 45.6 Å². The number of hydrogen-bond acceptors (Lipinski definition) is 3. The van der Waals surface area contributed by atoms with Crippen molar-refractivity contribution in [1.82, 2.24) is 15.1 Å². The SMILES string of the molecule is CCCNCCC(C)N1CCN(CC2CC2)CC1. The molecule has 0 aromatic rings. The summed E-state index contributed by atoms with van der Waals surface area (Å²) in [5, 5.41) is 3.51. The summed E-state index contributed by atoms with van der Waals surface area (Å²) in [4.78, 5) is 5.35. The Morgan fingerprint density at radius 2 is 1.83 bits per heavy atom. The molecule has 1 atom stereocenters. The zero-order chi connectivity index (χ0) is 12.8. The maximum Gasteiger partial charge on any atom is 0.0113 e. The van der Waals surface area contributed by atoms with Gasteiger partial charge in [-0.05, 0) is 51.6 Å². The molecule has 0 aromatic carbocycles. The topological polar surface area (TPSA) is 18.5 Å². The first-order chi connectivity index (χ1) is 8.79. The average Bonchev–Trinajstić information content (AvgIpc) is 3.19. The normalized spacial score (nSPS) is 24.3. The summed E-state index contributed by atoms with van der Waals surface area (Å²) in [5.41, 5.74) is 0. The predicted molar refractivity (Wildman–Crippen MR) is 78.0 cm³/mol. The van der Waals surface area contributed by atoms with Crippen molar-refractivity contribution in [2.24, 2.45) is 5.92 Å². The Bertz CT molecular complexity index is 220. The largest absolute Gasteiger partial charge is 0.317 e. The molecule has 0 bridgehead atoms. The Morgan fingerprint density at radius 3 is 2.44 bits per heavy atom. The molecule has 0 amide bonds. The van der Waals surface area contributed by atoms with Crippen LogP contribution in [0.4, 0.5) is 0 Å². The highest BCUT2D eigenvalue weighted by Crippen LogP contribution is 2.30. The molecular formula is C15H31N3. The molecule has 3 nitrogen and oxygen atoms in total. The van der Waals surface area contributed by atoms with E-state index in [4.69, 9.17) is 0 Å². The molecule has 0 spiro atoms. The van der Waals surface area contributed by atoms with Crippen LogP contribution >= 0.6 is 0 Å². The summed E-state index contributed by atoms with van der Waals surface area (Å²) in [6, 6.07) is 0.748. The summed E-state index contributed by atoms with van der Waals surface area (Å²) in [6.07, 6.45) is 5.51. The monoisotopic (exact) mass is 253 g/mol. The molecule has 18 heavy (non-hydrogen) atoms. The van der Waals surface area contributed by atoms with Crippen molar-refractivity contribution in [3.05, 3.63) is 0 Å². The standard InChI is InChI=1S/C15H31N3/c1-3-7-16-8-6-14(2)18-11-9-17(10-12-18)13-15-4-5-15/h14-16H,3-13H2,1-2H3. The maximum absolute atomic E-state index is 3.51. The number of rotatable bonds is 8. The van der Waals surface area contributed by atoms with Crippen LogP contribution in [0.2, 0.25) is 0 Å². The highest BCUT2D eigenvalue weighted by molar-refractivity contribution is 4.82. The van der Waals surface area contributed by atoms with E-state index >= 15 is 0 Å². The van der Waals surface area contributed by atoms with E-state index < -0.39 is 0 Å². The van der Waals surface area contributed by atoms with Crippen LogP contribution in [0.15, 0.2) is 0 Å². The van der Waals surface area contributed by atoms with Crippen molar-refractivity contribution in [2.75, 3.05) is 45.8 Å². The summed E-state index contributed by atoms with van der Waals surface area (Å²) in [6.45, 7) is 13.5. The highest BCUT2D eigenvalue weighted by atomic mass is 15.3. The van der Waals surface area contributed by atoms with E-state index in [1.807, 2.05) is 0 Å². The number of piperazine rings is 1. The van der Waals surface area contributed by atoms with Crippen LogP contribution in [0, 0.1) is 5.92 Å². The van der Waals surface area contributed by atoms with E-state index in [1.165, 1.54) is 71.5 Å². The van der Waals surface area contributed by atoms with Gasteiger partial charge in [-0.2, -0.15) is 0 Å². The Morgan fingerprint density at radius 1 is 1.11 bits per heavy atom. The van der Waals surface area contributed by atoms with Gasteiger partial charge in [-0.15, -0.1) is 0 Å². The highest BCUT2D eigenvalue weighted by Gasteiger charge is 2.27. The van der Waals surface area contributed by atoms with Crippen LogP contribution in [-0.2, 0) is 0 Å². The fraction of sp³-hybridized carbons (Fsp3) is 1.00. The molecule has 1 heterocycles. The fourth-order valence-electron chi connectivity index (χ4n) is 2.85. The minimum Gasteiger partial charge on any atom is -0.317 e. The van der Waals surface area contributed by atoms with Gasteiger partial charge in [0, 0.05) is 38.8 Å².